The van der Waals surface area contributed by atoms with Crippen LogP contribution in [0.3, 0.4) is 0 Å². The molecule has 0 saturated heterocycles. The fourth-order valence-electron chi connectivity index (χ4n) is 1.18. The summed E-state index contributed by atoms with van der Waals surface area (Å²) in [7, 11) is -4.81. The van der Waals surface area contributed by atoms with Crippen LogP contribution in [0.15, 0.2) is 12.4 Å². The van der Waals surface area contributed by atoms with Crippen LogP contribution in [0.2, 0.25) is 0 Å². The minimum atomic E-state index is -3.46. The lowest BCUT2D eigenvalue weighted by Crippen LogP contribution is -2.53. The first-order valence-electron chi connectivity index (χ1n) is 6.20. The summed E-state index contributed by atoms with van der Waals surface area (Å²) in [5.74, 6) is -0.102. The van der Waals surface area contributed by atoms with Crippen molar-refractivity contribution in [3.05, 3.63) is 12.4 Å². The number of nitrogens with zero attached hydrogens (tertiary/aromatic N) is 2. The van der Waals surface area contributed by atoms with E-state index in [-0.39, 0.29) is 11.4 Å². The molecule has 1 aromatic heterocycles. The van der Waals surface area contributed by atoms with Gasteiger partial charge in [-0.15, -0.1) is 0 Å². The van der Waals surface area contributed by atoms with E-state index in [0.29, 0.717) is 0 Å². The Labute approximate surface area is 124 Å². The highest BCUT2D eigenvalue weighted by atomic mass is 32.2. The molecular formula is C11H20BN3O5S. The number of hydrogen-bond acceptors (Lipinski definition) is 7. The fraction of sp³-hybridized carbons (Fsp3) is 0.636. The average Bonchev–Trinajstić information content (AvgIpc) is 2.25. The number of anilines is 1. The molecule has 21 heavy (non-hydrogen) atoms. The number of aromatic nitrogens is 2. The van der Waals surface area contributed by atoms with E-state index in [2.05, 4.69) is 14.7 Å². The summed E-state index contributed by atoms with van der Waals surface area (Å²) >= 11 is 0. The van der Waals surface area contributed by atoms with Crippen molar-refractivity contribution in [3.8, 4) is 0 Å². The SMILES string of the molecule is CC(C)(O)C(C)(C)OB(O)c1cnc(NS(C)(=O)=O)nc1. The van der Waals surface area contributed by atoms with Crippen LogP contribution in [0.1, 0.15) is 27.7 Å². The van der Waals surface area contributed by atoms with E-state index in [9.17, 15) is 18.5 Å². The van der Waals surface area contributed by atoms with Crippen LogP contribution in [0, 0.1) is 0 Å². The zero-order valence-corrected chi connectivity index (χ0v) is 13.5. The van der Waals surface area contributed by atoms with Gasteiger partial charge in [-0.2, -0.15) is 0 Å². The molecule has 0 aliphatic rings. The van der Waals surface area contributed by atoms with Crippen LogP contribution in [-0.2, 0) is 14.7 Å². The van der Waals surface area contributed by atoms with Crippen molar-refractivity contribution in [2.24, 2.45) is 0 Å². The van der Waals surface area contributed by atoms with Crippen molar-refractivity contribution in [3.63, 3.8) is 0 Å². The van der Waals surface area contributed by atoms with Gasteiger partial charge in [-0.1, -0.05) is 0 Å². The van der Waals surface area contributed by atoms with Gasteiger partial charge in [0.25, 0.3) is 0 Å². The Balaban J connectivity index is 2.83. The highest BCUT2D eigenvalue weighted by Crippen LogP contribution is 2.25. The third-order valence-electron chi connectivity index (χ3n) is 3.11. The molecule has 0 radical (unpaired) electrons. The van der Waals surface area contributed by atoms with Gasteiger partial charge < -0.3 is 14.8 Å². The maximum atomic E-state index is 11.0. The lowest BCUT2D eigenvalue weighted by Gasteiger charge is -2.38. The summed E-state index contributed by atoms with van der Waals surface area (Å²) in [6, 6.07) is 0. The molecule has 0 unspecified atom stereocenters. The molecular weight excluding hydrogens is 297 g/mol. The molecule has 0 saturated carbocycles. The van der Waals surface area contributed by atoms with E-state index in [1.807, 2.05) is 0 Å². The van der Waals surface area contributed by atoms with Crippen molar-refractivity contribution >= 4 is 28.6 Å². The first-order valence-corrected chi connectivity index (χ1v) is 8.09. The monoisotopic (exact) mass is 317 g/mol. The van der Waals surface area contributed by atoms with E-state index in [1.165, 1.54) is 12.4 Å². The Morgan fingerprint density at radius 2 is 1.71 bits per heavy atom. The van der Waals surface area contributed by atoms with E-state index in [4.69, 9.17) is 4.65 Å². The average molecular weight is 317 g/mol. The number of sulfonamides is 1. The van der Waals surface area contributed by atoms with Crippen LogP contribution < -0.4 is 10.2 Å². The molecule has 0 aliphatic heterocycles. The molecule has 0 aromatic carbocycles. The van der Waals surface area contributed by atoms with E-state index in [0.717, 1.165) is 6.26 Å². The fourth-order valence-corrected chi connectivity index (χ4v) is 1.61. The Morgan fingerprint density at radius 1 is 1.24 bits per heavy atom. The van der Waals surface area contributed by atoms with Crippen LogP contribution in [0.5, 0.6) is 0 Å². The number of hydrogen-bond donors (Lipinski definition) is 3. The predicted octanol–water partition coefficient (Wildman–Crippen LogP) is -0.898. The van der Waals surface area contributed by atoms with E-state index >= 15 is 0 Å². The van der Waals surface area contributed by atoms with Crippen molar-refractivity contribution in [1.29, 1.82) is 0 Å². The number of nitrogens with one attached hydrogen (secondary N) is 1. The van der Waals surface area contributed by atoms with Gasteiger partial charge >= 0.3 is 7.12 Å². The maximum absolute atomic E-state index is 11.0. The molecule has 0 bridgehead atoms. The normalized spacial score (nSPS) is 13.1. The van der Waals surface area contributed by atoms with Crippen LogP contribution in [-0.4, -0.2) is 53.1 Å². The predicted molar refractivity (Wildman–Crippen MR) is 79.6 cm³/mol. The Bertz CT molecular complexity index is 583. The summed E-state index contributed by atoms with van der Waals surface area (Å²) in [6.45, 7) is 6.40. The highest BCUT2D eigenvalue weighted by Gasteiger charge is 2.39. The maximum Gasteiger partial charge on any atom is 0.494 e. The molecule has 1 rings (SSSR count). The van der Waals surface area contributed by atoms with Crippen molar-refractivity contribution in [2.75, 3.05) is 11.0 Å². The van der Waals surface area contributed by atoms with Gasteiger partial charge in [0.15, 0.2) is 0 Å². The van der Waals surface area contributed by atoms with E-state index in [1.54, 1.807) is 27.7 Å². The smallest absolute Gasteiger partial charge is 0.423 e. The van der Waals surface area contributed by atoms with Crippen molar-refractivity contribution in [2.45, 2.75) is 38.9 Å². The number of rotatable bonds is 6. The summed E-state index contributed by atoms with van der Waals surface area (Å²) in [6.07, 6.45) is 3.46. The quantitative estimate of drug-likeness (QED) is 0.581. The second-order valence-electron chi connectivity index (χ2n) is 5.75. The van der Waals surface area contributed by atoms with Crippen LogP contribution in [0.4, 0.5) is 5.95 Å². The summed E-state index contributed by atoms with van der Waals surface area (Å²) < 4.78 is 29.6. The highest BCUT2D eigenvalue weighted by molar-refractivity contribution is 7.91. The van der Waals surface area contributed by atoms with Gasteiger partial charge in [0, 0.05) is 17.9 Å². The lowest BCUT2D eigenvalue weighted by molar-refractivity contribution is -0.0982. The van der Waals surface area contributed by atoms with Gasteiger partial charge in [-0.25, -0.2) is 18.4 Å². The topological polar surface area (TPSA) is 122 Å². The van der Waals surface area contributed by atoms with Crippen LogP contribution in [0.25, 0.3) is 0 Å². The molecule has 0 spiro atoms. The van der Waals surface area contributed by atoms with Crippen LogP contribution >= 0.6 is 0 Å². The molecule has 1 aromatic rings. The van der Waals surface area contributed by atoms with E-state index < -0.39 is 28.3 Å². The van der Waals surface area contributed by atoms with Crippen molar-refractivity contribution in [1.82, 2.24) is 9.97 Å². The third kappa shape index (κ3) is 5.23. The first-order chi connectivity index (χ1) is 9.32. The summed E-state index contributed by atoms with van der Waals surface area (Å²) in [5.41, 5.74) is -1.95. The Kier molecular flexibility index (Phi) is 4.99. The first kappa shape index (κ1) is 17.8. The second kappa shape index (κ2) is 5.88. The Morgan fingerprint density at radius 3 is 2.10 bits per heavy atom. The van der Waals surface area contributed by atoms with Gasteiger partial charge in [0.05, 0.1) is 17.5 Å². The molecule has 3 N–H and O–H groups in total. The standard InChI is InChI=1S/C11H20BN3O5S/c1-10(2,16)11(3,4)20-12(17)8-6-13-9(14-7-8)15-21(5,18)19/h6-7,16-17H,1-5H3,(H,13,14,15). The lowest BCUT2D eigenvalue weighted by atomic mass is 9.78. The molecule has 1 heterocycles. The molecule has 8 nitrogen and oxygen atoms in total. The third-order valence-corrected chi connectivity index (χ3v) is 3.67. The zero-order chi connectivity index (χ0) is 16.5. The molecule has 0 amide bonds. The molecule has 118 valence electrons. The summed E-state index contributed by atoms with van der Waals surface area (Å²) in [4.78, 5) is 7.55. The van der Waals surface area contributed by atoms with Gasteiger partial charge in [-0.3, -0.25) is 4.72 Å². The summed E-state index contributed by atoms with van der Waals surface area (Å²) in [5, 5.41) is 20.0. The Hall–Kier alpha value is -1.23. The minimum Gasteiger partial charge on any atom is -0.423 e. The zero-order valence-electron chi connectivity index (χ0n) is 12.7. The molecule has 0 atom stereocenters. The molecule has 10 heteroatoms. The van der Waals surface area contributed by atoms with Crippen molar-refractivity contribution < 1.29 is 23.2 Å². The molecule has 0 fully saturated rings. The van der Waals surface area contributed by atoms with Gasteiger partial charge in [0.1, 0.15) is 0 Å². The molecule has 0 aliphatic carbocycles. The minimum absolute atomic E-state index is 0.102. The van der Waals surface area contributed by atoms with Gasteiger partial charge in [-0.05, 0) is 27.7 Å². The van der Waals surface area contributed by atoms with Gasteiger partial charge in [0.2, 0.25) is 16.0 Å². The number of aliphatic hydroxyl groups is 1. The second-order valence-corrected chi connectivity index (χ2v) is 7.50. The largest absolute Gasteiger partial charge is 0.494 e.